The number of halogens is 6. The molecule has 0 heterocycles. The fourth-order valence-corrected chi connectivity index (χ4v) is 2.71. The van der Waals surface area contributed by atoms with Gasteiger partial charge in [0.05, 0.1) is 20.7 Å². The molecule has 1 rings (SSSR count). The van der Waals surface area contributed by atoms with E-state index in [9.17, 15) is 13.2 Å². The van der Waals surface area contributed by atoms with Crippen molar-refractivity contribution in [3.05, 3.63) is 32.2 Å². The smallest absolute Gasteiger partial charge is 0.420 e. The lowest BCUT2D eigenvalue weighted by molar-refractivity contribution is -0.139. The van der Waals surface area contributed by atoms with E-state index in [1.165, 1.54) is 6.07 Å². The van der Waals surface area contributed by atoms with Gasteiger partial charge < -0.3 is 14.3 Å². The lowest BCUT2D eigenvalue weighted by atomic mass is 10.1. The summed E-state index contributed by atoms with van der Waals surface area (Å²) in [5.74, 6) is -0.364. The lowest BCUT2D eigenvalue weighted by Gasteiger charge is -2.17. The first-order chi connectivity index (χ1) is 13.6. The van der Waals surface area contributed by atoms with Crippen molar-refractivity contribution in [2.45, 2.75) is 45.7 Å². The van der Waals surface area contributed by atoms with E-state index in [2.05, 4.69) is 37.0 Å². The van der Waals surface area contributed by atoms with E-state index < -0.39 is 11.7 Å². The monoisotopic (exact) mass is 563 g/mol. The van der Waals surface area contributed by atoms with E-state index in [0.29, 0.717) is 16.4 Å². The standard InChI is InChI=1S/C19H23Br2ClF3NO3/c1-13(2)26-29-9-6-4-3-5-8-28-18-15(19(23,24)25)11-14(12-16(18)22)27-10-7-17(20)21/h7,11-12H,3-6,8-10H2,1-2H3. The van der Waals surface area contributed by atoms with Gasteiger partial charge >= 0.3 is 6.18 Å². The van der Waals surface area contributed by atoms with Crippen molar-refractivity contribution >= 4 is 49.2 Å². The molecule has 0 aromatic heterocycles. The van der Waals surface area contributed by atoms with Gasteiger partial charge in [-0.15, -0.1) is 0 Å². The summed E-state index contributed by atoms with van der Waals surface area (Å²) in [4.78, 5) is 5.09. The van der Waals surface area contributed by atoms with Crippen molar-refractivity contribution in [3.63, 3.8) is 0 Å². The molecule has 0 saturated heterocycles. The third-order valence-corrected chi connectivity index (χ3v) is 4.36. The number of nitrogens with zero attached hydrogens (tertiary/aromatic N) is 1. The van der Waals surface area contributed by atoms with Gasteiger partial charge in [-0.05, 0) is 83.5 Å². The zero-order valence-corrected chi connectivity index (χ0v) is 20.0. The second-order valence-corrected chi connectivity index (χ2v) is 9.40. The molecular weight excluding hydrogens is 542 g/mol. The fourth-order valence-electron chi connectivity index (χ4n) is 2.18. The highest BCUT2D eigenvalue weighted by Gasteiger charge is 2.36. The van der Waals surface area contributed by atoms with Crippen LogP contribution in [0.25, 0.3) is 0 Å². The largest absolute Gasteiger partial charge is 0.491 e. The maximum Gasteiger partial charge on any atom is 0.420 e. The number of oxime groups is 1. The van der Waals surface area contributed by atoms with E-state index in [1.54, 1.807) is 6.08 Å². The Labute approximate surface area is 190 Å². The molecule has 0 saturated carbocycles. The Morgan fingerprint density at radius 1 is 1.07 bits per heavy atom. The van der Waals surface area contributed by atoms with Crippen molar-refractivity contribution in [2.75, 3.05) is 19.8 Å². The summed E-state index contributed by atoms with van der Waals surface area (Å²) >= 11 is 12.3. The molecule has 0 bridgehead atoms. The first-order valence-corrected chi connectivity index (χ1v) is 10.9. The van der Waals surface area contributed by atoms with E-state index >= 15 is 0 Å². The van der Waals surface area contributed by atoms with Crippen LogP contribution in [-0.2, 0) is 11.0 Å². The molecule has 0 fully saturated rings. The van der Waals surface area contributed by atoms with Gasteiger partial charge in [0.2, 0.25) is 0 Å². The SMILES string of the molecule is CC(C)=NOCCCCCCOc1c(Cl)cc(OCC=C(Br)Br)cc1C(F)(F)F. The Morgan fingerprint density at radius 3 is 2.31 bits per heavy atom. The molecule has 0 N–H and O–H groups in total. The second kappa shape index (κ2) is 13.4. The molecule has 0 spiro atoms. The Morgan fingerprint density at radius 2 is 1.72 bits per heavy atom. The van der Waals surface area contributed by atoms with Crippen LogP contribution >= 0.6 is 43.5 Å². The van der Waals surface area contributed by atoms with Crippen LogP contribution in [0.5, 0.6) is 11.5 Å². The third-order valence-electron chi connectivity index (χ3n) is 3.43. The summed E-state index contributed by atoms with van der Waals surface area (Å²) in [5, 5.41) is 3.69. The van der Waals surface area contributed by atoms with Crippen molar-refractivity contribution in [1.29, 1.82) is 0 Å². The summed E-state index contributed by atoms with van der Waals surface area (Å²) < 4.78 is 51.5. The predicted molar refractivity (Wildman–Crippen MR) is 117 cm³/mol. The zero-order chi connectivity index (χ0) is 21.9. The number of alkyl halides is 3. The second-order valence-electron chi connectivity index (χ2n) is 6.22. The zero-order valence-electron chi connectivity index (χ0n) is 16.1. The molecule has 164 valence electrons. The van der Waals surface area contributed by atoms with Crippen LogP contribution in [0, 0.1) is 0 Å². The van der Waals surface area contributed by atoms with Crippen LogP contribution in [0.15, 0.2) is 26.8 Å². The average Bonchev–Trinajstić information content (AvgIpc) is 2.60. The van der Waals surface area contributed by atoms with Crippen LogP contribution < -0.4 is 9.47 Å². The predicted octanol–water partition coefficient (Wildman–Crippen LogP) is 7.72. The molecule has 29 heavy (non-hydrogen) atoms. The molecule has 0 aliphatic rings. The van der Waals surface area contributed by atoms with E-state index in [0.717, 1.165) is 31.0 Å². The van der Waals surface area contributed by atoms with Crippen LogP contribution in [-0.4, -0.2) is 25.5 Å². The molecule has 4 nitrogen and oxygen atoms in total. The van der Waals surface area contributed by atoms with Crippen molar-refractivity contribution in [1.82, 2.24) is 0 Å². The minimum absolute atomic E-state index is 0.0113. The Balaban J connectivity index is 2.59. The van der Waals surface area contributed by atoms with E-state index in [4.69, 9.17) is 25.9 Å². The summed E-state index contributed by atoms with van der Waals surface area (Å²) in [6.07, 6.45) is 0.0746. The number of hydrogen-bond donors (Lipinski definition) is 0. The minimum Gasteiger partial charge on any atom is -0.491 e. The normalized spacial score (nSPS) is 11.0. The molecule has 1 aromatic rings. The third kappa shape index (κ3) is 11.1. The number of hydrogen-bond acceptors (Lipinski definition) is 4. The van der Waals surface area contributed by atoms with Gasteiger partial charge in [0.15, 0.2) is 0 Å². The maximum atomic E-state index is 13.4. The van der Waals surface area contributed by atoms with E-state index in [-0.39, 0.29) is 29.7 Å². The summed E-state index contributed by atoms with van der Waals surface area (Å²) in [6, 6.07) is 2.21. The molecule has 0 atom stereocenters. The van der Waals surface area contributed by atoms with Gasteiger partial charge in [0.25, 0.3) is 0 Å². The van der Waals surface area contributed by atoms with Crippen molar-refractivity contribution in [3.8, 4) is 11.5 Å². The van der Waals surface area contributed by atoms with Crippen molar-refractivity contribution < 1.29 is 27.5 Å². The van der Waals surface area contributed by atoms with Gasteiger partial charge in [-0.3, -0.25) is 0 Å². The Kier molecular flexibility index (Phi) is 12.1. The Bertz CT molecular complexity index is 705. The van der Waals surface area contributed by atoms with Crippen molar-refractivity contribution in [2.24, 2.45) is 5.16 Å². The first kappa shape index (κ1) is 26.1. The molecule has 1 aromatic carbocycles. The van der Waals surface area contributed by atoms with Crippen LogP contribution in [0.4, 0.5) is 13.2 Å². The fraction of sp³-hybridized carbons (Fsp3) is 0.526. The van der Waals surface area contributed by atoms with Gasteiger partial charge in [0.1, 0.15) is 30.3 Å². The van der Waals surface area contributed by atoms with Crippen LogP contribution in [0.2, 0.25) is 5.02 Å². The minimum atomic E-state index is -4.61. The first-order valence-electron chi connectivity index (χ1n) is 8.92. The highest BCUT2D eigenvalue weighted by Crippen LogP contribution is 2.43. The average molecular weight is 566 g/mol. The van der Waals surface area contributed by atoms with Gasteiger partial charge in [-0.25, -0.2) is 0 Å². The molecule has 0 amide bonds. The molecular formula is C19H23Br2ClF3NO3. The maximum absolute atomic E-state index is 13.4. The highest BCUT2D eigenvalue weighted by atomic mass is 79.9. The molecule has 0 unspecified atom stereocenters. The van der Waals surface area contributed by atoms with Gasteiger partial charge in [0, 0.05) is 6.07 Å². The molecule has 0 aliphatic carbocycles. The summed E-state index contributed by atoms with van der Waals surface area (Å²) in [6.45, 7) is 4.41. The van der Waals surface area contributed by atoms with E-state index in [1.807, 2.05) is 13.8 Å². The van der Waals surface area contributed by atoms with Crippen LogP contribution in [0.3, 0.4) is 0 Å². The summed E-state index contributed by atoms with van der Waals surface area (Å²) in [7, 11) is 0. The molecule has 10 heteroatoms. The lowest BCUT2D eigenvalue weighted by Crippen LogP contribution is -2.11. The molecule has 0 radical (unpaired) electrons. The van der Waals surface area contributed by atoms with Crippen LogP contribution in [0.1, 0.15) is 45.1 Å². The molecule has 0 aliphatic heterocycles. The quantitative estimate of drug-likeness (QED) is 0.148. The number of benzene rings is 1. The van der Waals surface area contributed by atoms with Gasteiger partial charge in [-0.2, -0.15) is 13.2 Å². The van der Waals surface area contributed by atoms with Gasteiger partial charge in [-0.1, -0.05) is 16.8 Å². The summed E-state index contributed by atoms with van der Waals surface area (Å²) in [5.41, 5.74) is -0.109. The topological polar surface area (TPSA) is 40.0 Å². The highest BCUT2D eigenvalue weighted by molar-refractivity contribution is 9.28. The number of rotatable bonds is 12. The Hall–Kier alpha value is -0.930. The number of unbranched alkanes of at least 4 members (excludes halogenated alkanes) is 3. The number of ether oxygens (including phenoxy) is 2.